The second-order valence-corrected chi connectivity index (χ2v) is 7.26. The average Bonchev–Trinajstić information content (AvgIpc) is 3.02. The number of cyclic esters (lactones) is 1. The fourth-order valence-electron chi connectivity index (χ4n) is 3.82. The van der Waals surface area contributed by atoms with Gasteiger partial charge in [-0.15, -0.1) is 0 Å². The van der Waals surface area contributed by atoms with Crippen molar-refractivity contribution in [3.8, 4) is 11.1 Å². The van der Waals surface area contributed by atoms with Crippen LogP contribution in [0.15, 0.2) is 48.5 Å². The van der Waals surface area contributed by atoms with Gasteiger partial charge in [0.25, 0.3) is 0 Å². The molecule has 1 heterocycles. The monoisotopic (exact) mass is 330 g/mol. The first-order valence-corrected chi connectivity index (χ1v) is 8.81. The van der Waals surface area contributed by atoms with E-state index >= 15 is 0 Å². The van der Waals surface area contributed by atoms with Crippen LogP contribution in [-0.2, 0) is 4.74 Å². The first kappa shape index (κ1) is 15.9. The summed E-state index contributed by atoms with van der Waals surface area (Å²) in [4.78, 5) is 12.3. The zero-order valence-corrected chi connectivity index (χ0v) is 15.1. The van der Waals surface area contributed by atoms with Crippen molar-refractivity contribution < 1.29 is 9.53 Å². The Balaban J connectivity index is 1.93. The molecular formula is C23H22O2. The van der Waals surface area contributed by atoms with Gasteiger partial charge < -0.3 is 4.74 Å². The Labute approximate surface area is 148 Å². The molecule has 0 spiro atoms. The number of ether oxygens (including phenoxy) is 1. The van der Waals surface area contributed by atoms with Crippen molar-refractivity contribution in [2.45, 2.75) is 39.7 Å². The molecule has 0 N–H and O–H groups in total. The Kier molecular flexibility index (Phi) is 3.64. The Morgan fingerprint density at radius 2 is 1.64 bits per heavy atom. The number of fused-ring (bicyclic) bond motifs is 2. The van der Waals surface area contributed by atoms with Crippen LogP contribution in [0.3, 0.4) is 0 Å². The molecule has 3 aliphatic rings. The van der Waals surface area contributed by atoms with Crippen molar-refractivity contribution in [3.05, 3.63) is 81.9 Å². The first-order valence-electron chi connectivity index (χ1n) is 8.81. The molecule has 1 atom stereocenters. The third-order valence-corrected chi connectivity index (χ3v) is 5.22. The summed E-state index contributed by atoms with van der Waals surface area (Å²) in [6, 6.07) is 16.6. The zero-order chi connectivity index (χ0) is 17.7. The SMILES string of the molecule is Cc1cc(C2OC(=O)c3ccccc32)c2c(C)ccc(C(C)C)cc1-2. The van der Waals surface area contributed by atoms with Crippen LogP contribution in [0.1, 0.15) is 64.0 Å². The summed E-state index contributed by atoms with van der Waals surface area (Å²) < 4.78 is 5.76. The van der Waals surface area contributed by atoms with E-state index in [2.05, 4.69) is 52.0 Å². The number of esters is 1. The largest absolute Gasteiger partial charge is 0.449 e. The molecule has 2 heteroatoms. The number of rotatable bonds is 2. The second-order valence-electron chi connectivity index (χ2n) is 7.26. The molecule has 2 nitrogen and oxygen atoms in total. The number of aryl methyl sites for hydroxylation is 2. The minimum Gasteiger partial charge on any atom is -0.449 e. The van der Waals surface area contributed by atoms with Gasteiger partial charge in [-0.25, -0.2) is 4.79 Å². The van der Waals surface area contributed by atoms with E-state index in [0.717, 1.165) is 11.1 Å². The molecule has 0 bridgehead atoms. The fraction of sp³-hybridized carbons (Fsp3) is 0.261. The highest BCUT2D eigenvalue weighted by atomic mass is 16.5. The van der Waals surface area contributed by atoms with E-state index in [1.54, 1.807) is 0 Å². The molecular weight excluding hydrogens is 308 g/mol. The zero-order valence-electron chi connectivity index (χ0n) is 15.1. The molecule has 2 aliphatic carbocycles. The van der Waals surface area contributed by atoms with Gasteiger partial charge in [0, 0.05) is 11.1 Å². The van der Waals surface area contributed by atoms with Crippen molar-refractivity contribution in [2.24, 2.45) is 0 Å². The number of hydrogen-bond acceptors (Lipinski definition) is 2. The van der Waals surface area contributed by atoms with Gasteiger partial charge in [0.1, 0.15) is 0 Å². The van der Waals surface area contributed by atoms with Crippen LogP contribution in [0.4, 0.5) is 0 Å². The van der Waals surface area contributed by atoms with Crippen LogP contribution in [0.5, 0.6) is 0 Å². The lowest BCUT2D eigenvalue weighted by Crippen LogP contribution is -2.01. The van der Waals surface area contributed by atoms with E-state index in [4.69, 9.17) is 4.74 Å². The molecule has 0 radical (unpaired) electrons. The van der Waals surface area contributed by atoms with E-state index in [-0.39, 0.29) is 12.1 Å². The predicted molar refractivity (Wildman–Crippen MR) is 100 cm³/mol. The normalized spacial score (nSPS) is 16.4. The van der Waals surface area contributed by atoms with Crippen molar-refractivity contribution in [1.29, 1.82) is 0 Å². The number of carbonyl (C=O) groups is 1. The van der Waals surface area contributed by atoms with E-state index in [1.807, 2.05) is 24.3 Å². The van der Waals surface area contributed by atoms with Crippen LogP contribution in [0, 0.1) is 13.8 Å². The molecule has 0 amide bonds. The summed E-state index contributed by atoms with van der Waals surface area (Å²) in [6.07, 6.45) is -0.316. The molecule has 1 unspecified atom stereocenters. The van der Waals surface area contributed by atoms with Gasteiger partial charge in [0.2, 0.25) is 0 Å². The highest BCUT2D eigenvalue weighted by Gasteiger charge is 2.35. The van der Waals surface area contributed by atoms with Gasteiger partial charge in [-0.05, 0) is 53.6 Å². The third-order valence-electron chi connectivity index (χ3n) is 5.22. The summed E-state index contributed by atoms with van der Waals surface area (Å²) in [7, 11) is 0. The molecule has 1 aliphatic heterocycles. The van der Waals surface area contributed by atoms with Crippen LogP contribution in [0.2, 0.25) is 0 Å². The summed E-state index contributed by atoms with van der Waals surface area (Å²) in [5.41, 5.74) is 8.96. The second kappa shape index (κ2) is 5.73. The maximum Gasteiger partial charge on any atom is 0.339 e. The van der Waals surface area contributed by atoms with Crippen LogP contribution in [0.25, 0.3) is 11.1 Å². The maximum absolute atomic E-state index is 12.3. The average molecular weight is 330 g/mol. The molecule has 1 aromatic rings. The van der Waals surface area contributed by atoms with E-state index in [1.165, 1.54) is 27.8 Å². The van der Waals surface area contributed by atoms with E-state index < -0.39 is 0 Å². The lowest BCUT2D eigenvalue weighted by Gasteiger charge is -2.13. The Morgan fingerprint density at radius 3 is 2.40 bits per heavy atom. The molecule has 0 fully saturated rings. The Hall–Kier alpha value is -2.61. The molecule has 25 heavy (non-hydrogen) atoms. The van der Waals surface area contributed by atoms with Gasteiger partial charge in [-0.1, -0.05) is 56.3 Å². The number of benzene rings is 1. The minimum absolute atomic E-state index is 0.228. The highest BCUT2D eigenvalue weighted by molar-refractivity contribution is 5.95. The van der Waals surface area contributed by atoms with Crippen molar-refractivity contribution in [2.75, 3.05) is 0 Å². The summed E-state index contributed by atoms with van der Waals surface area (Å²) in [5.74, 6) is 0.242. The van der Waals surface area contributed by atoms with E-state index in [9.17, 15) is 4.79 Å². The van der Waals surface area contributed by atoms with Crippen molar-refractivity contribution >= 4 is 5.97 Å². The van der Waals surface area contributed by atoms with Gasteiger partial charge >= 0.3 is 5.97 Å². The summed E-state index contributed by atoms with van der Waals surface area (Å²) in [6.45, 7) is 8.70. The van der Waals surface area contributed by atoms with Gasteiger partial charge in [0.15, 0.2) is 6.10 Å². The Morgan fingerprint density at radius 1 is 0.880 bits per heavy atom. The van der Waals surface area contributed by atoms with Gasteiger partial charge in [0.05, 0.1) is 5.56 Å². The van der Waals surface area contributed by atoms with Crippen molar-refractivity contribution in [3.63, 3.8) is 0 Å². The quantitative estimate of drug-likeness (QED) is 0.556. The molecule has 0 saturated carbocycles. The van der Waals surface area contributed by atoms with Gasteiger partial charge in [-0.2, -0.15) is 0 Å². The smallest absolute Gasteiger partial charge is 0.339 e. The molecule has 4 rings (SSSR count). The van der Waals surface area contributed by atoms with Crippen LogP contribution in [-0.4, -0.2) is 5.97 Å². The predicted octanol–water partition coefficient (Wildman–Crippen LogP) is 5.79. The molecule has 126 valence electrons. The maximum atomic E-state index is 12.3. The van der Waals surface area contributed by atoms with Crippen molar-refractivity contribution in [1.82, 2.24) is 0 Å². The van der Waals surface area contributed by atoms with Crippen LogP contribution < -0.4 is 0 Å². The summed E-state index contributed by atoms with van der Waals surface area (Å²) >= 11 is 0. The third kappa shape index (κ3) is 2.44. The highest BCUT2D eigenvalue weighted by Crippen LogP contribution is 2.45. The molecule has 1 aromatic carbocycles. The minimum atomic E-state index is -0.316. The van der Waals surface area contributed by atoms with E-state index in [0.29, 0.717) is 11.5 Å². The molecule has 0 saturated heterocycles. The summed E-state index contributed by atoms with van der Waals surface area (Å²) in [5, 5.41) is 0. The van der Waals surface area contributed by atoms with Gasteiger partial charge in [-0.3, -0.25) is 0 Å². The number of hydrogen-bond donors (Lipinski definition) is 0. The first-order chi connectivity index (χ1) is 12.0. The lowest BCUT2D eigenvalue weighted by molar-refractivity contribution is 0.0457. The fourth-order valence-corrected chi connectivity index (χ4v) is 3.82. The lowest BCUT2D eigenvalue weighted by atomic mass is 9.95. The molecule has 0 aromatic heterocycles. The van der Waals surface area contributed by atoms with Crippen LogP contribution >= 0.6 is 0 Å². The Bertz CT molecular complexity index is 952. The topological polar surface area (TPSA) is 26.3 Å². The standard InChI is InChI=1S/C23H22O2/c1-13(2)16-10-9-14(3)21-19(12-16)15(4)11-20(21)22-17-7-5-6-8-18(17)23(24)25-22/h5-13,22H,1-4H3. The number of carbonyl (C=O) groups excluding carboxylic acids is 1.